The van der Waals surface area contributed by atoms with Gasteiger partial charge in [0, 0.05) is 17.9 Å². The quantitative estimate of drug-likeness (QED) is 0.550. The van der Waals surface area contributed by atoms with Crippen molar-refractivity contribution in [2.24, 2.45) is 0 Å². The van der Waals surface area contributed by atoms with Gasteiger partial charge in [-0.3, -0.25) is 14.4 Å². The zero-order valence-electron chi connectivity index (χ0n) is 17.8. The van der Waals surface area contributed by atoms with Crippen LogP contribution in [0, 0.1) is 6.92 Å². The van der Waals surface area contributed by atoms with Crippen LogP contribution in [0.5, 0.6) is 0 Å². The van der Waals surface area contributed by atoms with Crippen LogP contribution in [-0.2, 0) is 14.3 Å². The maximum atomic E-state index is 13.2. The number of halogens is 1. The number of carbonyl (C=O) groups is 3. The van der Waals surface area contributed by atoms with Crippen LogP contribution in [0.3, 0.4) is 0 Å². The van der Waals surface area contributed by atoms with Crippen LogP contribution in [0.15, 0.2) is 60.7 Å². The molecule has 0 aliphatic carbocycles. The predicted molar refractivity (Wildman–Crippen MR) is 129 cm³/mol. The fraction of sp³-hybridized carbons (Fsp3) is 0.208. The molecule has 33 heavy (non-hydrogen) atoms. The number of nitrogens with one attached hydrogen (secondary N) is 2. The molecule has 3 aromatic rings. The van der Waals surface area contributed by atoms with Gasteiger partial charge in [0.25, 0.3) is 17.7 Å². The van der Waals surface area contributed by atoms with Crippen LogP contribution >= 0.6 is 22.9 Å². The fourth-order valence-electron chi connectivity index (χ4n) is 3.61. The first-order chi connectivity index (χ1) is 15.9. The highest BCUT2D eigenvalue weighted by Gasteiger charge is 2.25. The Morgan fingerprint density at radius 1 is 1.12 bits per heavy atom. The van der Waals surface area contributed by atoms with Crippen LogP contribution < -0.4 is 15.5 Å². The highest BCUT2D eigenvalue weighted by molar-refractivity contribution is 7.18. The van der Waals surface area contributed by atoms with E-state index in [2.05, 4.69) is 10.6 Å². The second kappa shape index (κ2) is 10.2. The Labute approximate surface area is 200 Å². The van der Waals surface area contributed by atoms with E-state index in [1.165, 1.54) is 0 Å². The summed E-state index contributed by atoms with van der Waals surface area (Å²) in [5.74, 6) is -0.860. The summed E-state index contributed by atoms with van der Waals surface area (Å²) in [6.07, 6.45) is 0. The van der Waals surface area contributed by atoms with Gasteiger partial charge < -0.3 is 20.3 Å². The Hall–Kier alpha value is -3.20. The molecule has 1 atom stereocenters. The Morgan fingerprint density at radius 3 is 2.58 bits per heavy atom. The number of carbonyl (C=O) groups excluding carboxylic acids is 3. The van der Waals surface area contributed by atoms with E-state index in [-0.39, 0.29) is 24.3 Å². The van der Waals surface area contributed by atoms with Crippen molar-refractivity contribution in [3.8, 4) is 0 Å². The van der Waals surface area contributed by atoms with Crippen molar-refractivity contribution < 1.29 is 19.1 Å². The van der Waals surface area contributed by atoms with Crippen molar-refractivity contribution in [3.05, 3.63) is 81.0 Å². The van der Waals surface area contributed by atoms with Crippen molar-refractivity contribution in [1.29, 1.82) is 0 Å². The summed E-state index contributed by atoms with van der Waals surface area (Å²) < 4.78 is 5.69. The standard InChI is InChI=1S/C24H22ClN3O4S/c1-15-13-17(7-8-18(15)28-11-12-32-14-21(28)29)26-24(31)22(16-5-3-2-4-6-16)27-23(30)19-9-10-20(25)33-19/h2-10,13,22H,11-12,14H2,1H3,(H,26,31)(H,27,30). The van der Waals surface area contributed by atoms with Gasteiger partial charge in [0.1, 0.15) is 12.6 Å². The Kier molecular flexibility index (Phi) is 7.08. The number of benzene rings is 2. The molecule has 1 saturated heterocycles. The predicted octanol–water partition coefficient (Wildman–Crippen LogP) is 4.18. The maximum Gasteiger partial charge on any atom is 0.262 e. The number of amides is 3. The number of aryl methyl sites for hydroxylation is 1. The van der Waals surface area contributed by atoms with Crippen molar-refractivity contribution in [1.82, 2.24) is 5.32 Å². The molecule has 1 fully saturated rings. The lowest BCUT2D eigenvalue weighted by atomic mass is 10.1. The van der Waals surface area contributed by atoms with Gasteiger partial charge in [0.05, 0.1) is 15.8 Å². The van der Waals surface area contributed by atoms with Crippen molar-refractivity contribution in [2.45, 2.75) is 13.0 Å². The summed E-state index contributed by atoms with van der Waals surface area (Å²) >= 11 is 7.09. The van der Waals surface area contributed by atoms with Gasteiger partial charge in [-0.05, 0) is 48.4 Å². The molecule has 0 bridgehead atoms. The highest BCUT2D eigenvalue weighted by atomic mass is 35.5. The SMILES string of the molecule is Cc1cc(NC(=O)C(NC(=O)c2ccc(Cl)s2)c2ccccc2)ccc1N1CCOCC1=O. The molecule has 1 aromatic heterocycles. The number of hydrogen-bond acceptors (Lipinski definition) is 5. The molecule has 4 rings (SSSR count). The van der Waals surface area contributed by atoms with Crippen LogP contribution in [0.25, 0.3) is 0 Å². The molecule has 3 amide bonds. The zero-order chi connectivity index (χ0) is 23.4. The van der Waals surface area contributed by atoms with Crippen LogP contribution in [-0.4, -0.2) is 37.5 Å². The lowest BCUT2D eigenvalue weighted by molar-refractivity contribution is -0.125. The van der Waals surface area contributed by atoms with E-state index in [0.717, 1.165) is 22.6 Å². The first-order valence-corrected chi connectivity index (χ1v) is 11.5. The number of ether oxygens (including phenoxy) is 1. The minimum Gasteiger partial charge on any atom is -0.370 e. The topological polar surface area (TPSA) is 87.7 Å². The monoisotopic (exact) mass is 483 g/mol. The van der Waals surface area contributed by atoms with E-state index >= 15 is 0 Å². The van der Waals surface area contributed by atoms with E-state index in [1.807, 2.05) is 25.1 Å². The van der Waals surface area contributed by atoms with E-state index in [0.29, 0.717) is 33.6 Å². The molecule has 2 aromatic carbocycles. The summed E-state index contributed by atoms with van der Waals surface area (Å²) in [7, 11) is 0. The summed E-state index contributed by atoms with van der Waals surface area (Å²) in [6, 6.07) is 16.7. The van der Waals surface area contributed by atoms with Gasteiger partial charge in [0.2, 0.25) is 0 Å². The third-order valence-electron chi connectivity index (χ3n) is 5.21. The smallest absolute Gasteiger partial charge is 0.262 e. The normalized spacial score (nSPS) is 14.6. The number of thiophene rings is 1. The Bertz CT molecular complexity index is 1180. The minimum atomic E-state index is -0.902. The zero-order valence-corrected chi connectivity index (χ0v) is 19.4. The molecular formula is C24H22ClN3O4S. The summed E-state index contributed by atoms with van der Waals surface area (Å²) in [5.41, 5.74) is 2.84. The molecule has 1 unspecified atom stereocenters. The second-order valence-corrected chi connectivity index (χ2v) is 9.22. The van der Waals surface area contributed by atoms with Gasteiger partial charge in [0.15, 0.2) is 0 Å². The van der Waals surface area contributed by atoms with Crippen molar-refractivity contribution >= 4 is 52.0 Å². The van der Waals surface area contributed by atoms with Gasteiger partial charge in [-0.2, -0.15) is 0 Å². The molecule has 0 saturated carbocycles. The molecule has 0 spiro atoms. The Morgan fingerprint density at radius 2 is 1.91 bits per heavy atom. The fourth-order valence-corrected chi connectivity index (χ4v) is 4.55. The average Bonchev–Trinajstić information content (AvgIpc) is 3.25. The van der Waals surface area contributed by atoms with E-state index < -0.39 is 6.04 Å². The third-order valence-corrected chi connectivity index (χ3v) is 6.44. The largest absolute Gasteiger partial charge is 0.370 e. The molecule has 2 N–H and O–H groups in total. The molecule has 7 nitrogen and oxygen atoms in total. The lowest BCUT2D eigenvalue weighted by Crippen LogP contribution is -2.42. The summed E-state index contributed by atoms with van der Waals surface area (Å²) in [4.78, 5) is 40.2. The number of hydrogen-bond donors (Lipinski definition) is 2. The number of rotatable bonds is 6. The van der Waals surface area contributed by atoms with Crippen LogP contribution in [0.2, 0.25) is 4.34 Å². The molecule has 2 heterocycles. The number of morpholine rings is 1. The molecule has 0 radical (unpaired) electrons. The number of anilines is 2. The minimum absolute atomic E-state index is 0.0613. The molecule has 9 heteroatoms. The third kappa shape index (κ3) is 5.42. The van der Waals surface area contributed by atoms with Gasteiger partial charge in [-0.1, -0.05) is 41.9 Å². The second-order valence-electron chi connectivity index (χ2n) is 7.51. The summed E-state index contributed by atoms with van der Waals surface area (Å²) in [5, 5.41) is 5.68. The van der Waals surface area contributed by atoms with Gasteiger partial charge in [-0.25, -0.2) is 0 Å². The molecule has 1 aliphatic rings. The average molecular weight is 484 g/mol. The Balaban J connectivity index is 1.53. The summed E-state index contributed by atoms with van der Waals surface area (Å²) in [6.45, 7) is 2.91. The number of nitrogens with zero attached hydrogens (tertiary/aromatic N) is 1. The van der Waals surface area contributed by atoms with Gasteiger partial charge >= 0.3 is 0 Å². The van der Waals surface area contributed by atoms with Crippen LogP contribution in [0.4, 0.5) is 11.4 Å². The van der Waals surface area contributed by atoms with Crippen molar-refractivity contribution in [3.63, 3.8) is 0 Å². The van der Waals surface area contributed by atoms with E-state index in [1.54, 1.807) is 47.4 Å². The highest BCUT2D eigenvalue weighted by Crippen LogP contribution is 2.26. The first kappa shape index (κ1) is 23.0. The molecular weight excluding hydrogens is 462 g/mol. The maximum absolute atomic E-state index is 13.2. The molecule has 170 valence electrons. The first-order valence-electron chi connectivity index (χ1n) is 10.3. The molecule has 1 aliphatic heterocycles. The van der Waals surface area contributed by atoms with Crippen molar-refractivity contribution in [2.75, 3.05) is 30.0 Å². The lowest BCUT2D eigenvalue weighted by Gasteiger charge is -2.28. The van der Waals surface area contributed by atoms with E-state index in [4.69, 9.17) is 16.3 Å². The van der Waals surface area contributed by atoms with Crippen LogP contribution in [0.1, 0.15) is 26.8 Å². The van der Waals surface area contributed by atoms with Gasteiger partial charge in [-0.15, -0.1) is 11.3 Å². The van der Waals surface area contributed by atoms with E-state index in [9.17, 15) is 14.4 Å².